The minimum absolute atomic E-state index is 0.0665. The van der Waals surface area contributed by atoms with Crippen LogP contribution >= 0.6 is 43.2 Å². The zero-order valence-corrected chi connectivity index (χ0v) is 28.1. The quantitative estimate of drug-likeness (QED) is 0.194. The Morgan fingerprint density at radius 2 is 1.77 bits per heavy atom. The molecule has 1 aromatic heterocycles. The van der Waals surface area contributed by atoms with Crippen molar-refractivity contribution in [2.24, 2.45) is 4.99 Å². The highest BCUT2D eigenvalue weighted by molar-refractivity contribution is 9.10. The number of carbonyl (C=O) groups excluding carboxylic acids is 1. The molecule has 0 unspecified atom stereocenters. The van der Waals surface area contributed by atoms with Gasteiger partial charge in [-0.2, -0.15) is 0 Å². The number of carbonyl (C=O) groups is 1. The molecule has 0 radical (unpaired) electrons. The molecule has 1 aliphatic heterocycles. The highest BCUT2D eigenvalue weighted by Gasteiger charge is 2.35. The van der Waals surface area contributed by atoms with Gasteiger partial charge < -0.3 is 18.9 Å². The van der Waals surface area contributed by atoms with Crippen molar-refractivity contribution in [2.75, 3.05) is 20.8 Å². The number of nitrogens with zero attached hydrogens (tertiary/aromatic N) is 2. The van der Waals surface area contributed by atoms with E-state index in [2.05, 4.69) is 36.9 Å². The molecule has 3 aromatic carbocycles. The summed E-state index contributed by atoms with van der Waals surface area (Å²) < 4.78 is 39.4. The summed E-state index contributed by atoms with van der Waals surface area (Å²) in [5.74, 6) is 0.550. The molecule has 0 spiro atoms. The van der Waals surface area contributed by atoms with Gasteiger partial charge in [0.25, 0.3) is 5.56 Å². The number of benzene rings is 3. The first kappa shape index (κ1) is 31.7. The number of fused-ring (bicyclic) bond motifs is 1. The minimum Gasteiger partial charge on any atom is -0.493 e. The predicted molar refractivity (Wildman–Crippen MR) is 173 cm³/mol. The molecule has 0 N–H and O–H groups in total. The van der Waals surface area contributed by atoms with Gasteiger partial charge in [-0.3, -0.25) is 9.36 Å². The zero-order valence-electron chi connectivity index (χ0n) is 24.2. The summed E-state index contributed by atoms with van der Waals surface area (Å²) in [4.78, 5) is 32.4. The fraction of sp³-hybridized carbons (Fsp3) is 0.219. The van der Waals surface area contributed by atoms with Crippen LogP contribution in [0.25, 0.3) is 6.08 Å². The van der Waals surface area contributed by atoms with Crippen molar-refractivity contribution in [3.05, 3.63) is 117 Å². The molecule has 0 aliphatic carbocycles. The number of thiazole rings is 1. The van der Waals surface area contributed by atoms with Crippen molar-refractivity contribution in [3.8, 4) is 17.2 Å². The summed E-state index contributed by atoms with van der Waals surface area (Å²) >= 11 is 8.34. The van der Waals surface area contributed by atoms with E-state index in [4.69, 9.17) is 18.9 Å². The second-order valence-corrected chi connectivity index (χ2v) is 12.3. The number of hydrogen-bond donors (Lipinski definition) is 0. The molecule has 0 amide bonds. The van der Waals surface area contributed by atoms with Crippen LogP contribution in [0.5, 0.6) is 17.2 Å². The average molecular weight is 746 g/mol. The van der Waals surface area contributed by atoms with Crippen LogP contribution in [0.15, 0.2) is 84.6 Å². The number of hydrogen-bond acceptors (Lipinski definition) is 8. The first-order chi connectivity index (χ1) is 21.2. The first-order valence-corrected chi connectivity index (χ1v) is 15.8. The monoisotopic (exact) mass is 744 g/mol. The lowest BCUT2D eigenvalue weighted by atomic mass is 9.95. The molecule has 4 aromatic rings. The van der Waals surface area contributed by atoms with Gasteiger partial charge in [-0.15, -0.1) is 0 Å². The van der Waals surface area contributed by atoms with E-state index in [-0.39, 0.29) is 30.2 Å². The van der Waals surface area contributed by atoms with Crippen molar-refractivity contribution < 1.29 is 28.1 Å². The molecule has 5 rings (SSSR count). The number of ether oxygens (including phenoxy) is 4. The van der Waals surface area contributed by atoms with Gasteiger partial charge in [0.15, 0.2) is 16.3 Å². The Hall–Kier alpha value is -3.74. The number of allylic oxidation sites excluding steroid dienone is 1. The van der Waals surface area contributed by atoms with Crippen molar-refractivity contribution in [1.29, 1.82) is 0 Å². The van der Waals surface area contributed by atoms with Gasteiger partial charge in [-0.25, -0.2) is 14.2 Å². The van der Waals surface area contributed by atoms with Crippen LogP contribution in [0, 0.1) is 5.82 Å². The van der Waals surface area contributed by atoms with Crippen molar-refractivity contribution >= 4 is 55.2 Å². The maximum Gasteiger partial charge on any atom is 0.338 e. The molecular weight excluding hydrogens is 719 g/mol. The van der Waals surface area contributed by atoms with E-state index in [1.54, 1.807) is 62.4 Å². The molecule has 0 saturated carbocycles. The SMILES string of the molecule is CCOC(=O)C1=C(C)N=c2s/c(=C\c3ccc(OCc4ccccc4F)c(Br)c3)c(=O)n2[C@@H]1c1cc(OC)c(OC)cc1Br. The Morgan fingerprint density at radius 1 is 1.05 bits per heavy atom. The van der Waals surface area contributed by atoms with Gasteiger partial charge in [-0.1, -0.05) is 51.5 Å². The van der Waals surface area contributed by atoms with Gasteiger partial charge >= 0.3 is 5.97 Å². The van der Waals surface area contributed by atoms with E-state index < -0.39 is 12.0 Å². The third-order valence-corrected chi connectivity index (χ3v) is 9.20. The van der Waals surface area contributed by atoms with E-state index in [0.29, 0.717) is 52.4 Å². The fourth-order valence-electron chi connectivity index (χ4n) is 4.81. The predicted octanol–water partition coefficient (Wildman–Crippen LogP) is 6.06. The molecule has 0 fully saturated rings. The van der Waals surface area contributed by atoms with E-state index in [0.717, 1.165) is 5.56 Å². The number of halogens is 3. The van der Waals surface area contributed by atoms with Gasteiger partial charge in [-0.05, 0) is 77.3 Å². The number of esters is 1. The van der Waals surface area contributed by atoms with Crippen LogP contribution in [-0.2, 0) is 16.1 Å². The van der Waals surface area contributed by atoms with Crippen LogP contribution in [0.3, 0.4) is 0 Å². The Labute approximate surface area is 273 Å². The summed E-state index contributed by atoms with van der Waals surface area (Å²) in [5.41, 5.74) is 2.14. The summed E-state index contributed by atoms with van der Waals surface area (Å²) in [6.07, 6.45) is 1.75. The fourth-order valence-corrected chi connectivity index (χ4v) is 6.91. The Bertz CT molecular complexity index is 1970. The highest BCUT2D eigenvalue weighted by atomic mass is 79.9. The molecule has 12 heteroatoms. The maximum absolute atomic E-state index is 14.0. The second kappa shape index (κ2) is 13.5. The van der Waals surface area contributed by atoms with Gasteiger partial charge in [0.2, 0.25) is 0 Å². The first-order valence-electron chi connectivity index (χ1n) is 13.4. The topological polar surface area (TPSA) is 88.4 Å². The Balaban J connectivity index is 1.58. The van der Waals surface area contributed by atoms with E-state index >= 15 is 0 Å². The molecule has 1 aliphatic rings. The number of rotatable bonds is 9. The molecule has 1 atom stereocenters. The lowest BCUT2D eigenvalue weighted by molar-refractivity contribution is -0.139. The Morgan fingerprint density at radius 3 is 2.45 bits per heavy atom. The lowest BCUT2D eigenvalue weighted by Crippen LogP contribution is -2.40. The van der Waals surface area contributed by atoms with E-state index in [9.17, 15) is 14.0 Å². The second-order valence-electron chi connectivity index (χ2n) is 9.60. The Kier molecular flexibility index (Phi) is 9.72. The third-order valence-electron chi connectivity index (χ3n) is 6.91. The molecule has 0 bridgehead atoms. The normalized spacial score (nSPS) is 14.6. The van der Waals surface area contributed by atoms with Crippen molar-refractivity contribution in [3.63, 3.8) is 0 Å². The van der Waals surface area contributed by atoms with E-state index in [1.165, 1.54) is 36.2 Å². The molecule has 2 heterocycles. The van der Waals surface area contributed by atoms with Crippen LogP contribution in [0.2, 0.25) is 0 Å². The maximum atomic E-state index is 14.0. The van der Waals surface area contributed by atoms with Gasteiger partial charge in [0.05, 0.1) is 47.1 Å². The molecule has 8 nitrogen and oxygen atoms in total. The standard InChI is InChI=1S/C32H27Br2FN2O6S/c1-5-42-31(39)28-17(2)36-32-37(29(28)20-14-25(40-3)26(41-4)15-21(20)33)30(38)27(44-32)13-18-10-11-24(22(34)12-18)43-16-19-8-6-7-9-23(19)35/h6-15,29H,5,16H2,1-4H3/b27-13-/t29-/m1/s1. The van der Waals surface area contributed by atoms with Crippen LogP contribution in [-0.4, -0.2) is 31.4 Å². The van der Waals surface area contributed by atoms with Gasteiger partial charge in [0, 0.05) is 10.0 Å². The van der Waals surface area contributed by atoms with Crippen LogP contribution in [0.4, 0.5) is 4.39 Å². The molecule has 228 valence electrons. The average Bonchev–Trinajstić information content (AvgIpc) is 3.30. The summed E-state index contributed by atoms with van der Waals surface area (Å²) in [7, 11) is 3.05. The van der Waals surface area contributed by atoms with Crippen LogP contribution in [0.1, 0.15) is 36.6 Å². The smallest absolute Gasteiger partial charge is 0.338 e. The highest BCUT2D eigenvalue weighted by Crippen LogP contribution is 2.40. The summed E-state index contributed by atoms with van der Waals surface area (Å²) in [6.45, 7) is 3.67. The molecule has 0 saturated heterocycles. The largest absolute Gasteiger partial charge is 0.493 e. The molecular formula is C32H27Br2FN2O6S. The third kappa shape index (κ3) is 6.24. The number of aromatic nitrogens is 1. The number of methoxy groups -OCH3 is 2. The van der Waals surface area contributed by atoms with Crippen molar-refractivity contribution in [2.45, 2.75) is 26.5 Å². The van der Waals surface area contributed by atoms with E-state index in [1.807, 2.05) is 6.07 Å². The summed E-state index contributed by atoms with van der Waals surface area (Å²) in [5, 5.41) is 0. The van der Waals surface area contributed by atoms with Crippen LogP contribution < -0.4 is 29.1 Å². The lowest BCUT2D eigenvalue weighted by Gasteiger charge is -2.26. The van der Waals surface area contributed by atoms with Crippen molar-refractivity contribution in [1.82, 2.24) is 4.57 Å². The minimum atomic E-state index is -0.845. The molecule has 44 heavy (non-hydrogen) atoms. The summed E-state index contributed by atoms with van der Waals surface area (Å²) in [6, 6.07) is 14.4. The van der Waals surface area contributed by atoms with Gasteiger partial charge in [0.1, 0.15) is 18.2 Å². The zero-order chi connectivity index (χ0) is 31.5.